The second-order valence-electron chi connectivity index (χ2n) is 5.34. The van der Waals surface area contributed by atoms with E-state index in [-0.39, 0.29) is 30.2 Å². The summed E-state index contributed by atoms with van der Waals surface area (Å²) in [6.45, 7) is 7.91. The van der Waals surface area contributed by atoms with Gasteiger partial charge < -0.3 is 9.64 Å². The van der Waals surface area contributed by atoms with Crippen molar-refractivity contribution >= 4 is 29.1 Å². The average molecular weight is 316 g/mol. The Morgan fingerprint density at radius 3 is 1.95 bits per heavy atom. The van der Waals surface area contributed by atoms with Gasteiger partial charge in [0.05, 0.1) is 39.9 Å². The van der Waals surface area contributed by atoms with Crippen molar-refractivity contribution in [2.24, 2.45) is 0 Å². The van der Waals surface area contributed by atoms with Gasteiger partial charge in [0.15, 0.2) is 0 Å². The highest BCUT2D eigenvalue weighted by Gasteiger charge is 2.39. The van der Waals surface area contributed by atoms with Gasteiger partial charge in [-0.05, 0) is 39.8 Å². The molecule has 0 spiro atoms. The summed E-state index contributed by atoms with van der Waals surface area (Å²) < 4.78 is 5.83. The van der Waals surface area contributed by atoms with Crippen LogP contribution in [0, 0.1) is 0 Å². The highest BCUT2D eigenvalue weighted by Crippen LogP contribution is 2.31. The second-order valence-corrected chi connectivity index (χ2v) is 6.15. The lowest BCUT2D eigenvalue weighted by molar-refractivity contribution is -0.114. The first-order chi connectivity index (χ1) is 9.34. The van der Waals surface area contributed by atoms with E-state index in [2.05, 4.69) is 0 Å². The summed E-state index contributed by atoms with van der Waals surface area (Å²) in [4.78, 5) is 14.7. The molecule has 0 N–H and O–H groups in total. The van der Waals surface area contributed by atoms with Crippen molar-refractivity contribution in [3.63, 3.8) is 0 Å². The van der Waals surface area contributed by atoms with Gasteiger partial charge in [-0.3, -0.25) is 4.79 Å². The standard InChI is InChI=1S/C15H19Cl2NO2/c1-8-10(3)20-11(4)9(2)18(8)15(19)14-12(16)6-5-7-13(14)17/h5-11H,1-4H3/t8-,9-,10-,11-/m1/s1. The normalized spacial score (nSPS) is 30.4. The van der Waals surface area contributed by atoms with Gasteiger partial charge in [0, 0.05) is 0 Å². The molecule has 0 unspecified atom stereocenters. The molecule has 5 heteroatoms. The molecule has 1 aromatic rings. The number of morpholine rings is 1. The molecule has 0 saturated carbocycles. The number of amides is 1. The zero-order valence-corrected chi connectivity index (χ0v) is 13.6. The van der Waals surface area contributed by atoms with E-state index in [9.17, 15) is 4.79 Å². The van der Waals surface area contributed by atoms with Crippen molar-refractivity contribution in [1.82, 2.24) is 4.90 Å². The molecule has 1 heterocycles. The number of nitrogens with zero attached hydrogens (tertiary/aromatic N) is 1. The molecule has 0 aliphatic carbocycles. The van der Waals surface area contributed by atoms with E-state index in [1.165, 1.54) is 0 Å². The Morgan fingerprint density at radius 1 is 1.05 bits per heavy atom. The van der Waals surface area contributed by atoms with Crippen LogP contribution >= 0.6 is 23.2 Å². The monoisotopic (exact) mass is 315 g/mol. The molecule has 0 bridgehead atoms. The summed E-state index contributed by atoms with van der Waals surface area (Å²) in [7, 11) is 0. The summed E-state index contributed by atoms with van der Waals surface area (Å²) in [6, 6.07) is 5.05. The summed E-state index contributed by atoms with van der Waals surface area (Å²) in [5.41, 5.74) is 0.371. The van der Waals surface area contributed by atoms with Gasteiger partial charge in [-0.1, -0.05) is 29.3 Å². The van der Waals surface area contributed by atoms with Crippen LogP contribution in [0.1, 0.15) is 38.1 Å². The molecule has 4 atom stereocenters. The molecule has 1 aliphatic rings. The van der Waals surface area contributed by atoms with Crippen LogP contribution in [0.5, 0.6) is 0 Å². The molecule has 1 fully saturated rings. The molecular weight excluding hydrogens is 297 g/mol. The van der Waals surface area contributed by atoms with Crippen LogP contribution in [0.4, 0.5) is 0 Å². The first-order valence-electron chi connectivity index (χ1n) is 6.76. The van der Waals surface area contributed by atoms with Gasteiger partial charge in [0.2, 0.25) is 0 Å². The summed E-state index contributed by atoms with van der Waals surface area (Å²) in [5.74, 6) is -0.136. The largest absolute Gasteiger partial charge is 0.371 e. The molecule has 1 aliphatic heterocycles. The maximum absolute atomic E-state index is 12.9. The second kappa shape index (κ2) is 5.92. The molecule has 0 aromatic heterocycles. The van der Waals surface area contributed by atoms with Gasteiger partial charge in [-0.2, -0.15) is 0 Å². The van der Waals surface area contributed by atoms with Crippen molar-refractivity contribution in [2.75, 3.05) is 0 Å². The fraction of sp³-hybridized carbons (Fsp3) is 0.533. The minimum atomic E-state index is -0.136. The first-order valence-corrected chi connectivity index (χ1v) is 7.52. The van der Waals surface area contributed by atoms with Gasteiger partial charge in [0.25, 0.3) is 5.91 Å². The fourth-order valence-electron chi connectivity index (χ4n) is 2.59. The minimum Gasteiger partial charge on any atom is -0.371 e. The zero-order chi connectivity index (χ0) is 15.0. The SMILES string of the molecule is C[C@@H]1[C@@H](C)O[C@H](C)[C@@H](C)N1C(=O)c1c(Cl)cccc1Cl. The van der Waals surface area contributed by atoms with Crippen LogP contribution in [-0.4, -0.2) is 35.1 Å². The Kier molecular flexibility index (Phi) is 4.62. The Morgan fingerprint density at radius 2 is 1.50 bits per heavy atom. The maximum atomic E-state index is 12.9. The lowest BCUT2D eigenvalue weighted by Crippen LogP contribution is -2.59. The molecule has 110 valence electrons. The smallest absolute Gasteiger partial charge is 0.257 e. The minimum absolute atomic E-state index is 0.0218. The quantitative estimate of drug-likeness (QED) is 0.783. The topological polar surface area (TPSA) is 29.5 Å². The molecule has 2 rings (SSSR count). The van der Waals surface area contributed by atoms with Gasteiger partial charge in [-0.15, -0.1) is 0 Å². The molecule has 0 radical (unpaired) electrons. The van der Waals surface area contributed by atoms with Crippen LogP contribution in [-0.2, 0) is 4.74 Å². The maximum Gasteiger partial charge on any atom is 0.257 e. The predicted octanol–water partition coefficient (Wildman–Crippen LogP) is 4.02. The Hall–Kier alpha value is -0.770. The van der Waals surface area contributed by atoms with E-state index >= 15 is 0 Å². The Labute approximate surface area is 129 Å². The Bertz CT molecular complexity index is 486. The molecule has 1 amide bonds. The lowest BCUT2D eigenvalue weighted by Gasteiger charge is -2.46. The molecule has 1 aromatic carbocycles. The highest BCUT2D eigenvalue weighted by molar-refractivity contribution is 6.39. The van der Waals surface area contributed by atoms with Gasteiger partial charge >= 0.3 is 0 Å². The number of halogens is 2. The van der Waals surface area contributed by atoms with E-state index in [0.29, 0.717) is 15.6 Å². The third-order valence-corrected chi connectivity index (χ3v) is 4.71. The third-order valence-electron chi connectivity index (χ3n) is 4.08. The van der Waals surface area contributed by atoms with E-state index in [1.54, 1.807) is 18.2 Å². The number of rotatable bonds is 1. The molecular formula is C15H19Cl2NO2. The van der Waals surface area contributed by atoms with Crippen molar-refractivity contribution in [3.8, 4) is 0 Å². The molecule has 3 nitrogen and oxygen atoms in total. The van der Waals surface area contributed by atoms with Crippen LogP contribution in [0.25, 0.3) is 0 Å². The molecule has 1 saturated heterocycles. The van der Waals surface area contributed by atoms with E-state index in [0.717, 1.165) is 0 Å². The summed E-state index contributed by atoms with van der Waals surface area (Å²) >= 11 is 12.3. The summed E-state index contributed by atoms with van der Waals surface area (Å²) in [5, 5.41) is 0.766. The number of hydrogen-bond donors (Lipinski definition) is 0. The fourth-order valence-corrected chi connectivity index (χ4v) is 3.15. The zero-order valence-electron chi connectivity index (χ0n) is 12.1. The average Bonchev–Trinajstić information content (AvgIpc) is 2.36. The highest BCUT2D eigenvalue weighted by atomic mass is 35.5. The Balaban J connectivity index is 2.40. The van der Waals surface area contributed by atoms with Gasteiger partial charge in [-0.25, -0.2) is 0 Å². The first kappa shape index (κ1) is 15.6. The van der Waals surface area contributed by atoms with Crippen molar-refractivity contribution < 1.29 is 9.53 Å². The number of carbonyl (C=O) groups excluding carboxylic acids is 1. The van der Waals surface area contributed by atoms with E-state index < -0.39 is 0 Å². The van der Waals surface area contributed by atoms with E-state index in [4.69, 9.17) is 27.9 Å². The lowest BCUT2D eigenvalue weighted by atomic mass is 10.0. The number of ether oxygens (including phenoxy) is 1. The predicted molar refractivity (Wildman–Crippen MR) is 81.6 cm³/mol. The van der Waals surface area contributed by atoms with E-state index in [1.807, 2.05) is 32.6 Å². The van der Waals surface area contributed by atoms with Crippen LogP contribution in [0.15, 0.2) is 18.2 Å². The number of hydrogen-bond acceptors (Lipinski definition) is 2. The van der Waals surface area contributed by atoms with Crippen molar-refractivity contribution in [1.29, 1.82) is 0 Å². The van der Waals surface area contributed by atoms with Crippen LogP contribution in [0.2, 0.25) is 10.0 Å². The molecule has 20 heavy (non-hydrogen) atoms. The van der Waals surface area contributed by atoms with Crippen LogP contribution in [0.3, 0.4) is 0 Å². The van der Waals surface area contributed by atoms with Gasteiger partial charge in [0.1, 0.15) is 0 Å². The van der Waals surface area contributed by atoms with Crippen LogP contribution < -0.4 is 0 Å². The number of benzene rings is 1. The van der Waals surface area contributed by atoms with Crippen molar-refractivity contribution in [2.45, 2.75) is 52.0 Å². The summed E-state index contributed by atoms with van der Waals surface area (Å²) in [6.07, 6.45) is -0.0437. The van der Waals surface area contributed by atoms with Crippen molar-refractivity contribution in [3.05, 3.63) is 33.8 Å². The number of carbonyl (C=O) groups is 1. The third kappa shape index (κ3) is 2.67.